The van der Waals surface area contributed by atoms with Gasteiger partial charge in [-0.1, -0.05) is 0 Å². The third-order valence-electron chi connectivity index (χ3n) is 3.14. The molecule has 0 spiro atoms. The smallest absolute Gasteiger partial charge is 0.305 e. The molecular formula is C11H19NO3. The molecule has 1 unspecified atom stereocenters. The summed E-state index contributed by atoms with van der Waals surface area (Å²) in [7, 11) is 0. The van der Waals surface area contributed by atoms with Crippen molar-refractivity contribution >= 4 is 5.97 Å². The molecule has 0 bridgehead atoms. The van der Waals surface area contributed by atoms with Gasteiger partial charge in [-0.25, -0.2) is 0 Å². The van der Waals surface area contributed by atoms with Crippen LogP contribution in [0.4, 0.5) is 0 Å². The largest absolute Gasteiger partial charge is 0.481 e. The summed E-state index contributed by atoms with van der Waals surface area (Å²) in [6.07, 6.45) is 5.33. The summed E-state index contributed by atoms with van der Waals surface area (Å²) >= 11 is 0. The van der Waals surface area contributed by atoms with Crippen LogP contribution in [0.5, 0.6) is 0 Å². The minimum atomic E-state index is -0.773. The van der Waals surface area contributed by atoms with Crippen molar-refractivity contribution in [2.75, 3.05) is 19.7 Å². The van der Waals surface area contributed by atoms with E-state index in [4.69, 9.17) is 9.84 Å². The maximum Gasteiger partial charge on any atom is 0.305 e. The first-order valence-corrected chi connectivity index (χ1v) is 5.83. The second-order valence-electron chi connectivity index (χ2n) is 4.50. The molecule has 0 aromatic rings. The lowest BCUT2D eigenvalue weighted by molar-refractivity contribution is -0.139. The van der Waals surface area contributed by atoms with E-state index in [-0.39, 0.29) is 12.5 Å². The number of ether oxygens (including phenoxy) is 1. The fraction of sp³-hybridized carbons (Fsp3) is 0.909. The van der Waals surface area contributed by atoms with E-state index in [2.05, 4.69) is 4.90 Å². The number of carboxylic acids is 1. The lowest BCUT2D eigenvalue weighted by Crippen LogP contribution is -2.41. The molecule has 2 fully saturated rings. The van der Waals surface area contributed by atoms with Crippen LogP contribution >= 0.6 is 0 Å². The van der Waals surface area contributed by atoms with Gasteiger partial charge in [0.15, 0.2) is 0 Å². The van der Waals surface area contributed by atoms with E-state index in [1.807, 2.05) is 0 Å². The summed E-state index contributed by atoms with van der Waals surface area (Å²) in [5, 5.41) is 8.50. The Morgan fingerprint density at radius 1 is 1.40 bits per heavy atom. The van der Waals surface area contributed by atoms with Crippen molar-refractivity contribution in [3.05, 3.63) is 0 Å². The number of piperidine rings is 1. The zero-order valence-corrected chi connectivity index (χ0v) is 9.02. The molecule has 0 radical (unpaired) electrons. The van der Waals surface area contributed by atoms with Crippen molar-refractivity contribution in [2.24, 2.45) is 0 Å². The summed E-state index contributed by atoms with van der Waals surface area (Å²) in [5.74, 6) is -0.773. The van der Waals surface area contributed by atoms with Gasteiger partial charge in [0.25, 0.3) is 0 Å². The Morgan fingerprint density at radius 2 is 2.20 bits per heavy atom. The zero-order chi connectivity index (χ0) is 10.7. The van der Waals surface area contributed by atoms with Crippen LogP contribution in [0, 0.1) is 0 Å². The predicted molar refractivity (Wildman–Crippen MR) is 55.8 cm³/mol. The highest BCUT2D eigenvalue weighted by Gasteiger charge is 2.32. The van der Waals surface area contributed by atoms with Crippen molar-refractivity contribution in [3.8, 4) is 0 Å². The molecule has 1 aliphatic heterocycles. The summed E-state index contributed by atoms with van der Waals surface area (Å²) in [6, 6.07) is 0.802. The van der Waals surface area contributed by atoms with Crippen LogP contribution in [0.15, 0.2) is 0 Å². The Bertz CT molecular complexity index is 228. The van der Waals surface area contributed by atoms with Crippen LogP contribution in [-0.4, -0.2) is 47.8 Å². The van der Waals surface area contributed by atoms with Gasteiger partial charge in [0.05, 0.1) is 19.1 Å². The molecule has 2 rings (SSSR count). The van der Waals surface area contributed by atoms with E-state index in [0.29, 0.717) is 6.61 Å². The molecule has 4 heteroatoms. The standard InChI is InChI=1S/C11H19NO3/c13-11(14)5-7-15-10-2-1-6-12(8-10)9-3-4-9/h9-10H,1-8H2,(H,13,14). The van der Waals surface area contributed by atoms with E-state index < -0.39 is 5.97 Å². The average Bonchev–Trinajstić information content (AvgIpc) is 3.01. The highest BCUT2D eigenvalue weighted by molar-refractivity contribution is 5.66. The molecular weight excluding hydrogens is 194 g/mol. The maximum absolute atomic E-state index is 10.3. The van der Waals surface area contributed by atoms with E-state index in [0.717, 1.165) is 19.0 Å². The van der Waals surface area contributed by atoms with Crippen LogP contribution in [0.25, 0.3) is 0 Å². The predicted octanol–water partition coefficient (Wildman–Crippen LogP) is 1.10. The Hall–Kier alpha value is -0.610. The highest BCUT2D eigenvalue weighted by Crippen LogP contribution is 2.29. The first kappa shape index (κ1) is 10.9. The molecule has 2 aliphatic rings. The molecule has 1 N–H and O–H groups in total. The fourth-order valence-electron chi connectivity index (χ4n) is 2.19. The fourth-order valence-corrected chi connectivity index (χ4v) is 2.19. The minimum absolute atomic E-state index is 0.125. The zero-order valence-electron chi connectivity index (χ0n) is 9.02. The number of hydrogen-bond donors (Lipinski definition) is 1. The molecule has 86 valence electrons. The second kappa shape index (κ2) is 4.94. The van der Waals surface area contributed by atoms with E-state index >= 15 is 0 Å². The number of carboxylic acid groups (broad SMARTS) is 1. The van der Waals surface area contributed by atoms with Crippen molar-refractivity contribution in [2.45, 2.75) is 44.2 Å². The maximum atomic E-state index is 10.3. The molecule has 4 nitrogen and oxygen atoms in total. The molecule has 15 heavy (non-hydrogen) atoms. The molecule has 0 aromatic heterocycles. The number of rotatable bonds is 5. The lowest BCUT2D eigenvalue weighted by Gasteiger charge is -2.32. The van der Waals surface area contributed by atoms with Gasteiger partial charge in [0.2, 0.25) is 0 Å². The van der Waals surface area contributed by atoms with Gasteiger partial charge >= 0.3 is 5.97 Å². The molecule has 1 aliphatic carbocycles. The molecule has 1 saturated heterocycles. The molecule has 0 aromatic carbocycles. The van der Waals surface area contributed by atoms with Gasteiger partial charge in [-0.3, -0.25) is 9.69 Å². The monoisotopic (exact) mass is 213 g/mol. The SMILES string of the molecule is O=C(O)CCOC1CCCN(C2CC2)C1. The molecule has 1 atom stereocenters. The van der Waals surface area contributed by atoms with E-state index in [1.54, 1.807) is 0 Å². The second-order valence-corrected chi connectivity index (χ2v) is 4.50. The summed E-state index contributed by atoms with van der Waals surface area (Å²) in [5.41, 5.74) is 0. The summed E-state index contributed by atoms with van der Waals surface area (Å²) in [4.78, 5) is 12.8. The van der Waals surface area contributed by atoms with E-state index in [9.17, 15) is 4.79 Å². The van der Waals surface area contributed by atoms with E-state index in [1.165, 1.54) is 25.8 Å². The number of likely N-dealkylation sites (tertiary alicyclic amines) is 1. The summed E-state index contributed by atoms with van der Waals surface area (Å²) in [6.45, 7) is 2.56. The van der Waals surface area contributed by atoms with Crippen molar-refractivity contribution < 1.29 is 14.6 Å². The van der Waals surface area contributed by atoms with Gasteiger partial charge in [-0.05, 0) is 32.2 Å². The number of hydrogen-bond acceptors (Lipinski definition) is 3. The lowest BCUT2D eigenvalue weighted by atomic mass is 10.1. The van der Waals surface area contributed by atoms with Crippen LogP contribution in [0.2, 0.25) is 0 Å². The van der Waals surface area contributed by atoms with Crippen molar-refractivity contribution in [1.29, 1.82) is 0 Å². The molecule has 1 heterocycles. The quantitative estimate of drug-likeness (QED) is 0.743. The van der Waals surface area contributed by atoms with Crippen LogP contribution in [0.1, 0.15) is 32.1 Å². The molecule has 1 saturated carbocycles. The number of nitrogens with zero attached hydrogens (tertiary/aromatic N) is 1. The number of carbonyl (C=O) groups is 1. The first-order chi connectivity index (χ1) is 7.25. The Kier molecular flexibility index (Phi) is 3.59. The normalized spacial score (nSPS) is 27.9. The molecule has 0 amide bonds. The van der Waals surface area contributed by atoms with Gasteiger partial charge in [-0.15, -0.1) is 0 Å². The topological polar surface area (TPSA) is 49.8 Å². The Balaban J connectivity index is 1.65. The highest BCUT2D eigenvalue weighted by atomic mass is 16.5. The van der Waals surface area contributed by atoms with Crippen LogP contribution in [-0.2, 0) is 9.53 Å². The van der Waals surface area contributed by atoms with Crippen LogP contribution < -0.4 is 0 Å². The van der Waals surface area contributed by atoms with Crippen molar-refractivity contribution in [3.63, 3.8) is 0 Å². The van der Waals surface area contributed by atoms with Gasteiger partial charge in [0, 0.05) is 12.6 Å². The minimum Gasteiger partial charge on any atom is -0.481 e. The van der Waals surface area contributed by atoms with Crippen molar-refractivity contribution in [1.82, 2.24) is 4.90 Å². The average molecular weight is 213 g/mol. The van der Waals surface area contributed by atoms with Gasteiger partial charge in [-0.2, -0.15) is 0 Å². The number of aliphatic carboxylic acids is 1. The van der Waals surface area contributed by atoms with Gasteiger partial charge in [0.1, 0.15) is 0 Å². The van der Waals surface area contributed by atoms with Crippen LogP contribution in [0.3, 0.4) is 0 Å². The first-order valence-electron chi connectivity index (χ1n) is 5.83. The van der Waals surface area contributed by atoms with Gasteiger partial charge < -0.3 is 9.84 Å². The Morgan fingerprint density at radius 3 is 2.87 bits per heavy atom. The third kappa shape index (κ3) is 3.47. The third-order valence-corrected chi connectivity index (χ3v) is 3.14. The Labute approximate surface area is 90.2 Å². The summed E-state index contributed by atoms with van der Waals surface area (Å²) < 4.78 is 5.58.